The van der Waals surface area contributed by atoms with Gasteiger partial charge in [-0.3, -0.25) is 14.6 Å². The molecule has 4 heterocycles. The predicted molar refractivity (Wildman–Crippen MR) is 158 cm³/mol. The van der Waals surface area contributed by atoms with Crippen molar-refractivity contribution in [1.29, 1.82) is 0 Å². The Morgan fingerprint density at radius 1 is 1.07 bits per heavy atom. The van der Waals surface area contributed by atoms with E-state index in [9.17, 15) is 24.2 Å². The molecule has 3 aliphatic rings. The van der Waals surface area contributed by atoms with Gasteiger partial charge in [0.05, 0.1) is 38.1 Å². The topological polar surface area (TPSA) is 119 Å². The van der Waals surface area contributed by atoms with Crippen molar-refractivity contribution in [3.63, 3.8) is 0 Å². The number of piperazine rings is 1. The third-order valence-electron chi connectivity index (χ3n) is 8.83. The number of ether oxygens (including phenoxy) is 2. The molecular weight excluding hydrogens is 557 g/mol. The second-order valence-corrected chi connectivity index (χ2v) is 11.8. The van der Waals surface area contributed by atoms with Gasteiger partial charge in [-0.2, -0.15) is 0 Å². The van der Waals surface area contributed by atoms with E-state index in [0.29, 0.717) is 50.7 Å². The number of nitrogens with zero attached hydrogens (tertiary/aromatic N) is 5. The monoisotopic (exact) mass is 599 g/mol. The first-order valence-electron chi connectivity index (χ1n) is 15.1. The standard InChI is InChI=1S/C31H42FN5O6/c1-4-25-19-42-10-9-34(25)14-26-15-36(31(40)41)20(2)13-35(26)16-29(39)37-21(3)18-43-30-28(37)12-23(27(17-38)33-30)11-22-5-7-24(32)8-6-22/h5-8,12,20-21,25-26,38H,4,9-11,13-19H2,1-3H3,(H,40,41)/t20-,21?,25?,26+/m1/s1. The third kappa shape index (κ3) is 6.93. The zero-order valence-corrected chi connectivity index (χ0v) is 25.1. The van der Waals surface area contributed by atoms with E-state index in [2.05, 4.69) is 21.7 Å². The summed E-state index contributed by atoms with van der Waals surface area (Å²) < 4.78 is 25.1. The molecule has 0 aliphatic carbocycles. The van der Waals surface area contributed by atoms with Crippen molar-refractivity contribution in [2.45, 2.75) is 64.4 Å². The molecule has 234 valence electrons. The summed E-state index contributed by atoms with van der Waals surface area (Å²) in [6.07, 6.45) is 0.380. The first-order chi connectivity index (χ1) is 20.7. The quantitative estimate of drug-likeness (QED) is 0.472. The average Bonchev–Trinajstić information content (AvgIpc) is 2.99. The Morgan fingerprint density at radius 3 is 2.53 bits per heavy atom. The molecule has 3 aliphatic heterocycles. The molecule has 2 saturated heterocycles. The lowest BCUT2D eigenvalue weighted by Crippen LogP contribution is -2.64. The number of morpholine rings is 1. The summed E-state index contributed by atoms with van der Waals surface area (Å²) in [5.41, 5.74) is 2.55. The van der Waals surface area contributed by atoms with Gasteiger partial charge >= 0.3 is 6.09 Å². The largest absolute Gasteiger partial charge is 0.474 e. The highest BCUT2D eigenvalue weighted by Crippen LogP contribution is 2.35. The predicted octanol–water partition coefficient (Wildman–Crippen LogP) is 2.58. The lowest BCUT2D eigenvalue weighted by Gasteiger charge is -2.47. The Labute approximate surface area is 251 Å². The highest BCUT2D eigenvalue weighted by atomic mass is 19.1. The fraction of sp³-hybridized carbons (Fsp3) is 0.581. The van der Waals surface area contributed by atoms with E-state index >= 15 is 0 Å². The van der Waals surface area contributed by atoms with Crippen molar-refractivity contribution in [3.8, 4) is 5.88 Å². The first kappa shape index (κ1) is 31.1. The van der Waals surface area contributed by atoms with Gasteiger partial charge in [-0.1, -0.05) is 19.1 Å². The Kier molecular flexibility index (Phi) is 9.80. The maximum absolute atomic E-state index is 14.1. The van der Waals surface area contributed by atoms with Crippen molar-refractivity contribution in [1.82, 2.24) is 19.7 Å². The van der Waals surface area contributed by atoms with E-state index in [1.807, 2.05) is 19.9 Å². The molecule has 0 radical (unpaired) electrons. The van der Waals surface area contributed by atoms with Crippen LogP contribution in [0.3, 0.4) is 0 Å². The third-order valence-corrected chi connectivity index (χ3v) is 8.83. The Hall–Kier alpha value is -3.32. The number of pyridine rings is 1. The number of hydrogen-bond donors (Lipinski definition) is 2. The van der Waals surface area contributed by atoms with Crippen LogP contribution in [0.25, 0.3) is 0 Å². The minimum Gasteiger partial charge on any atom is -0.474 e. The summed E-state index contributed by atoms with van der Waals surface area (Å²) in [5, 5.41) is 19.9. The van der Waals surface area contributed by atoms with Gasteiger partial charge in [0.1, 0.15) is 18.1 Å². The molecule has 2 N–H and O–H groups in total. The molecule has 0 saturated carbocycles. The number of hydrogen-bond acceptors (Lipinski definition) is 8. The number of anilines is 1. The molecule has 0 bridgehead atoms. The van der Waals surface area contributed by atoms with E-state index in [1.54, 1.807) is 17.0 Å². The van der Waals surface area contributed by atoms with Gasteiger partial charge in [0.2, 0.25) is 11.8 Å². The summed E-state index contributed by atoms with van der Waals surface area (Å²) in [4.78, 5) is 38.4. The minimum absolute atomic E-state index is 0.114. The summed E-state index contributed by atoms with van der Waals surface area (Å²) in [7, 11) is 0. The molecule has 11 nitrogen and oxygen atoms in total. The van der Waals surface area contributed by atoms with E-state index < -0.39 is 6.09 Å². The summed E-state index contributed by atoms with van der Waals surface area (Å²) in [6, 6.07) is 7.56. The average molecular weight is 600 g/mol. The number of aliphatic hydroxyl groups is 1. The van der Waals surface area contributed by atoms with Crippen LogP contribution < -0.4 is 9.64 Å². The van der Waals surface area contributed by atoms with E-state index in [1.165, 1.54) is 17.0 Å². The first-order valence-corrected chi connectivity index (χ1v) is 15.1. The molecule has 2 fully saturated rings. The molecule has 0 spiro atoms. The second kappa shape index (κ2) is 13.5. The fourth-order valence-electron chi connectivity index (χ4n) is 6.41. The number of fused-ring (bicyclic) bond motifs is 1. The fourth-order valence-corrected chi connectivity index (χ4v) is 6.41. The summed E-state index contributed by atoms with van der Waals surface area (Å²) >= 11 is 0. The molecule has 4 atom stereocenters. The molecular formula is C31H42FN5O6. The van der Waals surface area contributed by atoms with Gasteiger partial charge in [-0.25, -0.2) is 14.2 Å². The molecule has 5 rings (SSSR count). The van der Waals surface area contributed by atoms with Gasteiger partial charge in [0.15, 0.2) is 0 Å². The van der Waals surface area contributed by atoms with Crippen LogP contribution in [-0.4, -0.2) is 119 Å². The summed E-state index contributed by atoms with van der Waals surface area (Å²) in [5.74, 6) is -0.166. The van der Waals surface area contributed by atoms with Crippen LogP contribution in [0.15, 0.2) is 30.3 Å². The molecule has 1 aromatic heterocycles. The number of benzene rings is 1. The number of amides is 2. The maximum Gasteiger partial charge on any atom is 0.407 e. The molecule has 2 amide bonds. The van der Waals surface area contributed by atoms with Crippen LogP contribution in [0.4, 0.5) is 14.9 Å². The van der Waals surface area contributed by atoms with Crippen molar-refractivity contribution in [2.24, 2.45) is 0 Å². The lowest BCUT2D eigenvalue weighted by molar-refractivity contribution is -0.122. The molecule has 1 aromatic carbocycles. The Morgan fingerprint density at radius 2 is 1.84 bits per heavy atom. The normalized spacial score (nSPS) is 24.9. The van der Waals surface area contributed by atoms with Crippen LogP contribution >= 0.6 is 0 Å². The SMILES string of the molecule is CCC1COCCN1C[C@H]1CN(C(=O)O)[C@H](C)CN1CC(=O)N1c2cc(Cc3ccc(F)cc3)c(CO)nc2OCC1C. The van der Waals surface area contributed by atoms with E-state index in [4.69, 9.17) is 9.47 Å². The Balaban J connectivity index is 1.40. The molecule has 43 heavy (non-hydrogen) atoms. The van der Waals surface area contributed by atoms with E-state index in [-0.39, 0.29) is 61.5 Å². The van der Waals surface area contributed by atoms with Gasteiger partial charge in [-0.05, 0) is 56.0 Å². The van der Waals surface area contributed by atoms with Gasteiger partial charge in [0, 0.05) is 44.3 Å². The number of halogens is 1. The molecule has 2 unspecified atom stereocenters. The Bertz CT molecular complexity index is 1300. The molecule has 2 aromatic rings. The lowest BCUT2D eigenvalue weighted by atomic mass is 10.0. The number of carbonyl (C=O) groups is 2. The van der Waals surface area contributed by atoms with Gasteiger partial charge in [0.25, 0.3) is 0 Å². The highest BCUT2D eigenvalue weighted by Gasteiger charge is 2.39. The van der Waals surface area contributed by atoms with E-state index in [0.717, 1.165) is 24.1 Å². The van der Waals surface area contributed by atoms with Crippen LogP contribution in [0.5, 0.6) is 5.88 Å². The summed E-state index contributed by atoms with van der Waals surface area (Å²) in [6.45, 7) is 9.43. The van der Waals surface area contributed by atoms with Crippen LogP contribution in [0, 0.1) is 5.82 Å². The maximum atomic E-state index is 14.1. The number of carbonyl (C=O) groups excluding carboxylic acids is 1. The van der Waals surface area contributed by atoms with Crippen LogP contribution in [-0.2, 0) is 22.6 Å². The second-order valence-electron chi connectivity index (χ2n) is 11.8. The number of rotatable bonds is 8. The highest BCUT2D eigenvalue weighted by molar-refractivity contribution is 5.97. The molecule has 12 heteroatoms. The zero-order chi connectivity index (χ0) is 30.7. The van der Waals surface area contributed by atoms with Gasteiger partial charge < -0.3 is 29.5 Å². The van der Waals surface area contributed by atoms with Crippen molar-refractivity contribution >= 4 is 17.7 Å². The van der Waals surface area contributed by atoms with Crippen LogP contribution in [0.2, 0.25) is 0 Å². The van der Waals surface area contributed by atoms with Crippen molar-refractivity contribution in [2.75, 3.05) is 57.4 Å². The number of aliphatic hydroxyl groups excluding tert-OH is 1. The van der Waals surface area contributed by atoms with Gasteiger partial charge in [-0.15, -0.1) is 0 Å². The number of carboxylic acid groups (broad SMARTS) is 1. The van der Waals surface area contributed by atoms with Crippen LogP contribution in [0.1, 0.15) is 44.0 Å². The number of aromatic nitrogens is 1. The minimum atomic E-state index is -0.951. The zero-order valence-electron chi connectivity index (χ0n) is 25.1. The van der Waals surface area contributed by atoms with Crippen molar-refractivity contribution < 1.29 is 33.7 Å². The smallest absolute Gasteiger partial charge is 0.407 e. The van der Waals surface area contributed by atoms with Crippen molar-refractivity contribution in [3.05, 3.63) is 53.0 Å².